The van der Waals surface area contributed by atoms with Gasteiger partial charge in [0.25, 0.3) is 0 Å². The summed E-state index contributed by atoms with van der Waals surface area (Å²) in [6, 6.07) is 8.59. The Labute approximate surface area is 260 Å². The second-order valence-electron chi connectivity index (χ2n) is 13.3. The van der Waals surface area contributed by atoms with Gasteiger partial charge in [-0.05, 0) is 62.7 Å². The van der Waals surface area contributed by atoms with Crippen molar-refractivity contribution in [2.45, 2.75) is 111 Å². The number of carbonyl (C=O) groups is 1. The predicted octanol–water partition coefficient (Wildman–Crippen LogP) is 7.50. The molecular formula is C33H51F4N3O4. The highest BCUT2D eigenvalue weighted by Crippen LogP contribution is 2.33. The first kappa shape index (κ1) is 37.7. The Balaban J connectivity index is 2.40. The van der Waals surface area contributed by atoms with Gasteiger partial charge in [0.2, 0.25) is 0 Å². The first-order chi connectivity index (χ1) is 20.4. The quantitative estimate of drug-likeness (QED) is 0.164. The molecule has 0 radical (unpaired) electrons. The molecule has 1 aliphatic carbocycles. The molecule has 0 aliphatic heterocycles. The van der Waals surface area contributed by atoms with E-state index >= 15 is 4.39 Å². The fourth-order valence-corrected chi connectivity index (χ4v) is 5.17. The van der Waals surface area contributed by atoms with Gasteiger partial charge in [-0.2, -0.15) is 13.2 Å². The summed E-state index contributed by atoms with van der Waals surface area (Å²) in [5.74, 6) is -0.766. The predicted molar refractivity (Wildman–Crippen MR) is 164 cm³/mol. The third kappa shape index (κ3) is 11.8. The van der Waals surface area contributed by atoms with E-state index in [1.165, 1.54) is 11.0 Å². The molecule has 44 heavy (non-hydrogen) atoms. The van der Waals surface area contributed by atoms with Crippen LogP contribution in [0.15, 0.2) is 53.9 Å². The fourth-order valence-electron chi connectivity index (χ4n) is 5.17. The summed E-state index contributed by atoms with van der Waals surface area (Å²) in [7, 11) is 0. The average molecular weight is 630 g/mol. The van der Waals surface area contributed by atoms with Gasteiger partial charge in [-0.15, -0.1) is 0 Å². The van der Waals surface area contributed by atoms with Crippen LogP contribution in [0.1, 0.15) is 86.3 Å². The Morgan fingerprint density at radius 2 is 1.66 bits per heavy atom. The zero-order valence-electron chi connectivity index (χ0n) is 27.4. The number of carbonyl (C=O) groups excluding carboxylic acids is 1. The smallest absolute Gasteiger partial charge is 0.413 e. The van der Waals surface area contributed by atoms with Gasteiger partial charge in [0.05, 0.1) is 6.04 Å². The molecule has 4 atom stereocenters. The molecule has 0 saturated carbocycles. The van der Waals surface area contributed by atoms with Gasteiger partial charge in [0, 0.05) is 25.7 Å². The molecule has 2 rings (SSSR count). The van der Waals surface area contributed by atoms with Gasteiger partial charge in [0.1, 0.15) is 24.1 Å². The first-order valence-corrected chi connectivity index (χ1v) is 15.3. The number of aliphatic hydroxyl groups is 1. The van der Waals surface area contributed by atoms with E-state index in [2.05, 4.69) is 5.32 Å². The van der Waals surface area contributed by atoms with Gasteiger partial charge >= 0.3 is 12.3 Å². The van der Waals surface area contributed by atoms with E-state index in [-0.39, 0.29) is 17.9 Å². The van der Waals surface area contributed by atoms with Crippen molar-refractivity contribution in [3.63, 3.8) is 0 Å². The molecule has 0 fully saturated rings. The van der Waals surface area contributed by atoms with Crippen LogP contribution < -0.4 is 5.32 Å². The van der Waals surface area contributed by atoms with Crippen molar-refractivity contribution in [1.29, 1.82) is 0 Å². The number of amides is 1. The van der Waals surface area contributed by atoms with Crippen LogP contribution in [0.4, 0.5) is 22.4 Å². The van der Waals surface area contributed by atoms with Crippen molar-refractivity contribution in [3.8, 4) is 0 Å². The zero-order chi connectivity index (χ0) is 33.3. The van der Waals surface area contributed by atoms with Gasteiger partial charge < -0.3 is 19.9 Å². The number of halogens is 4. The number of ether oxygens (including phenoxy) is 2. The standard InChI is InChI=1S/C33H51F4N3O4/c1-9-18-39(29(41)40(19-10-2)30(42)44-32(6,7)8)27(31(3,4)5)21-38-28(23-14-12-11-13-15-23)24-16-17-26(25(34)20-24)43-22-33(35,36)37/h11-16,20,26-29,38,41H,9-10,17-19,21-22H2,1-8H3/t26?,27-,28?,29?/m1/s1. The molecule has 1 aliphatic rings. The average Bonchev–Trinajstić information content (AvgIpc) is 2.90. The molecule has 1 aromatic carbocycles. The lowest BCUT2D eigenvalue weighted by molar-refractivity contribution is -0.182. The van der Waals surface area contributed by atoms with Crippen LogP contribution in [0.2, 0.25) is 0 Å². The van der Waals surface area contributed by atoms with Crippen LogP contribution in [-0.2, 0) is 9.47 Å². The molecule has 0 saturated heterocycles. The van der Waals surface area contributed by atoms with Crippen LogP contribution in [-0.4, -0.2) is 77.5 Å². The monoisotopic (exact) mass is 629 g/mol. The van der Waals surface area contributed by atoms with Crippen LogP contribution >= 0.6 is 0 Å². The Morgan fingerprint density at radius 3 is 2.16 bits per heavy atom. The minimum Gasteiger partial charge on any atom is -0.444 e. The normalized spacial score (nSPS) is 18.4. The lowest BCUT2D eigenvalue weighted by Gasteiger charge is -2.46. The lowest BCUT2D eigenvalue weighted by atomic mass is 9.84. The maximum Gasteiger partial charge on any atom is 0.413 e. The Kier molecular flexibility index (Phi) is 13.9. The molecule has 1 amide bonds. The van der Waals surface area contributed by atoms with Gasteiger partial charge in [-0.1, -0.05) is 71.0 Å². The van der Waals surface area contributed by atoms with E-state index in [1.54, 1.807) is 26.8 Å². The number of alkyl halides is 3. The third-order valence-corrected chi connectivity index (χ3v) is 7.16. The van der Waals surface area contributed by atoms with Gasteiger partial charge in [0.15, 0.2) is 6.35 Å². The highest BCUT2D eigenvalue weighted by Gasteiger charge is 2.39. The van der Waals surface area contributed by atoms with E-state index in [0.29, 0.717) is 38.0 Å². The van der Waals surface area contributed by atoms with Crippen molar-refractivity contribution in [2.24, 2.45) is 5.41 Å². The number of rotatable bonds is 14. The second-order valence-corrected chi connectivity index (χ2v) is 13.3. The van der Waals surface area contributed by atoms with Crippen LogP contribution in [0.5, 0.6) is 0 Å². The number of hydrogen-bond acceptors (Lipinski definition) is 6. The molecule has 250 valence electrons. The SMILES string of the molecule is CCCN(C(=O)OC(C)(C)C)C(O)N(CCC)[C@H](CNC(C1=CCC(OCC(F)(F)F)C(F)=C1)c1ccccc1)C(C)(C)C. The third-order valence-electron chi connectivity index (χ3n) is 7.16. The largest absolute Gasteiger partial charge is 0.444 e. The van der Waals surface area contributed by atoms with Crippen molar-refractivity contribution >= 4 is 6.09 Å². The summed E-state index contributed by atoms with van der Waals surface area (Å²) in [5.41, 5.74) is 0.292. The van der Waals surface area contributed by atoms with Crippen molar-refractivity contribution in [3.05, 3.63) is 59.4 Å². The number of hydrogen-bond donors (Lipinski definition) is 2. The number of benzene rings is 1. The summed E-state index contributed by atoms with van der Waals surface area (Å²) >= 11 is 0. The van der Waals surface area contributed by atoms with Crippen molar-refractivity contribution in [2.75, 3.05) is 26.2 Å². The molecule has 7 nitrogen and oxygen atoms in total. The highest BCUT2D eigenvalue weighted by atomic mass is 19.4. The van der Waals surface area contributed by atoms with Crippen LogP contribution in [0.3, 0.4) is 0 Å². The van der Waals surface area contributed by atoms with E-state index in [4.69, 9.17) is 9.47 Å². The fraction of sp³-hybridized carbons (Fsp3) is 0.667. The summed E-state index contributed by atoms with van der Waals surface area (Å²) in [5, 5.41) is 15.2. The molecule has 3 unspecified atom stereocenters. The maximum atomic E-state index is 15.0. The minimum atomic E-state index is -4.55. The molecule has 0 bridgehead atoms. The van der Waals surface area contributed by atoms with Crippen molar-refractivity contribution in [1.82, 2.24) is 15.1 Å². The highest BCUT2D eigenvalue weighted by molar-refractivity contribution is 5.68. The van der Waals surface area contributed by atoms with Crippen LogP contribution in [0, 0.1) is 5.41 Å². The van der Waals surface area contributed by atoms with E-state index in [1.807, 2.05) is 69.9 Å². The Hall–Kier alpha value is -2.47. The maximum absolute atomic E-state index is 15.0. The Morgan fingerprint density at radius 1 is 1.05 bits per heavy atom. The van der Waals surface area contributed by atoms with Crippen molar-refractivity contribution < 1.29 is 36.9 Å². The topological polar surface area (TPSA) is 74.3 Å². The van der Waals surface area contributed by atoms with E-state index in [0.717, 1.165) is 5.56 Å². The second kappa shape index (κ2) is 16.2. The van der Waals surface area contributed by atoms with Crippen LogP contribution in [0.25, 0.3) is 0 Å². The minimum absolute atomic E-state index is 0.0377. The number of aliphatic hydroxyl groups excluding tert-OH is 1. The van der Waals surface area contributed by atoms with E-state index < -0.39 is 48.8 Å². The molecule has 0 aromatic heterocycles. The molecule has 1 aromatic rings. The number of nitrogens with zero attached hydrogens (tertiary/aromatic N) is 2. The molecule has 0 heterocycles. The van der Waals surface area contributed by atoms with Gasteiger partial charge in [-0.25, -0.2) is 9.18 Å². The number of nitrogens with one attached hydrogen (secondary N) is 1. The summed E-state index contributed by atoms with van der Waals surface area (Å²) in [6.07, 6.45) is -3.49. The summed E-state index contributed by atoms with van der Waals surface area (Å²) in [6.45, 7) is 15.0. The molecular weight excluding hydrogens is 578 g/mol. The summed E-state index contributed by atoms with van der Waals surface area (Å²) < 4.78 is 63.5. The van der Waals surface area contributed by atoms with E-state index in [9.17, 15) is 23.1 Å². The molecule has 11 heteroatoms. The zero-order valence-corrected chi connectivity index (χ0v) is 27.4. The first-order valence-electron chi connectivity index (χ1n) is 15.3. The Bertz CT molecular complexity index is 1100. The van der Waals surface area contributed by atoms with Gasteiger partial charge in [-0.3, -0.25) is 9.80 Å². The summed E-state index contributed by atoms with van der Waals surface area (Å²) in [4.78, 5) is 16.4. The molecule has 2 N–H and O–H groups in total. The lowest BCUT2D eigenvalue weighted by Crippen LogP contribution is -2.60. The molecule has 0 spiro atoms.